The molecule has 4 aromatic rings. The summed E-state index contributed by atoms with van der Waals surface area (Å²) in [6, 6.07) is 18.8. The summed E-state index contributed by atoms with van der Waals surface area (Å²) >= 11 is 7.69. The van der Waals surface area contributed by atoms with E-state index in [1.54, 1.807) is 23.5 Å². The number of halogens is 1. The molecule has 4 rings (SSSR count). The first-order chi connectivity index (χ1) is 15.0. The predicted octanol–water partition coefficient (Wildman–Crippen LogP) is 6.71. The molecule has 3 heterocycles. The van der Waals surface area contributed by atoms with Crippen molar-refractivity contribution in [3.05, 3.63) is 99.4 Å². The topological polar surface area (TPSA) is 67.2 Å². The minimum absolute atomic E-state index is 0.227. The van der Waals surface area contributed by atoms with Gasteiger partial charge in [0.25, 0.3) is 5.91 Å². The minimum Gasteiger partial charge on any atom is -0.459 e. The Morgan fingerprint density at radius 1 is 1.16 bits per heavy atom. The van der Waals surface area contributed by atoms with Gasteiger partial charge in [0.05, 0.1) is 12.3 Å². The van der Waals surface area contributed by atoms with Crippen LogP contribution >= 0.6 is 22.9 Å². The Hall–Kier alpha value is -3.09. The van der Waals surface area contributed by atoms with Crippen LogP contribution in [0.25, 0.3) is 0 Å². The molecule has 3 aromatic heterocycles. The number of nitrogens with one attached hydrogen (secondary N) is 2. The molecule has 0 unspecified atom stereocenters. The van der Waals surface area contributed by atoms with Crippen LogP contribution in [0.3, 0.4) is 0 Å². The van der Waals surface area contributed by atoms with Crippen molar-refractivity contribution in [1.29, 1.82) is 0 Å². The first-order valence-electron chi connectivity index (χ1n) is 9.96. The van der Waals surface area contributed by atoms with Crippen molar-refractivity contribution < 1.29 is 9.21 Å². The van der Waals surface area contributed by atoms with Crippen LogP contribution in [0.2, 0.25) is 5.02 Å². The second-order valence-electron chi connectivity index (χ2n) is 7.08. The second kappa shape index (κ2) is 9.37. The van der Waals surface area contributed by atoms with E-state index in [-0.39, 0.29) is 17.7 Å². The van der Waals surface area contributed by atoms with Crippen LogP contribution in [-0.4, -0.2) is 10.9 Å². The Kier molecular flexibility index (Phi) is 6.39. The maximum atomic E-state index is 12.7. The van der Waals surface area contributed by atoms with Gasteiger partial charge < -0.3 is 15.1 Å². The molecule has 5 nitrogen and oxygen atoms in total. The average molecular weight is 452 g/mol. The summed E-state index contributed by atoms with van der Waals surface area (Å²) in [7, 11) is 0. The minimum atomic E-state index is -0.278. The summed E-state index contributed by atoms with van der Waals surface area (Å²) in [6.45, 7) is 4.05. The van der Waals surface area contributed by atoms with Gasteiger partial charge in [0.2, 0.25) is 0 Å². The number of furan rings is 1. The van der Waals surface area contributed by atoms with Gasteiger partial charge in [-0.05, 0) is 61.4 Å². The number of rotatable bonds is 7. The van der Waals surface area contributed by atoms with Gasteiger partial charge in [-0.2, -0.15) is 0 Å². The first kappa shape index (κ1) is 21.2. The molecule has 0 spiro atoms. The number of hydrogen-bond donors (Lipinski definition) is 2. The number of carbonyl (C=O) groups excluding carboxylic acids is 1. The van der Waals surface area contributed by atoms with Gasteiger partial charge in [-0.3, -0.25) is 4.79 Å². The summed E-state index contributed by atoms with van der Waals surface area (Å²) in [6.07, 6.45) is 2.35. The summed E-state index contributed by atoms with van der Waals surface area (Å²) in [5.74, 6) is 0.751. The van der Waals surface area contributed by atoms with Crippen molar-refractivity contribution in [2.45, 2.75) is 26.3 Å². The smallest absolute Gasteiger partial charge is 0.291 e. The standard InChI is InChI=1S/C24H22ClN3O2S/c1-3-18-14-19(24(31-18)28-23(29)20-7-5-13-30-20)22(16-9-11-17(25)12-10-16)27-21-8-4-6-15(2)26-21/h4-14,22H,3H2,1-2H3,(H,26,27)(H,28,29)/t22-/m0/s1. The Morgan fingerprint density at radius 2 is 1.97 bits per heavy atom. The largest absolute Gasteiger partial charge is 0.459 e. The number of aryl methyl sites for hydroxylation is 2. The van der Waals surface area contributed by atoms with E-state index in [4.69, 9.17) is 16.0 Å². The highest BCUT2D eigenvalue weighted by atomic mass is 35.5. The lowest BCUT2D eigenvalue weighted by atomic mass is 9.99. The number of anilines is 2. The molecule has 1 aromatic carbocycles. The highest BCUT2D eigenvalue weighted by molar-refractivity contribution is 7.16. The Bertz CT molecular complexity index is 1170. The molecule has 1 atom stereocenters. The Balaban J connectivity index is 1.75. The zero-order valence-electron chi connectivity index (χ0n) is 17.2. The van der Waals surface area contributed by atoms with Crippen LogP contribution in [0, 0.1) is 6.92 Å². The monoisotopic (exact) mass is 451 g/mol. The van der Waals surface area contributed by atoms with Gasteiger partial charge in [-0.15, -0.1) is 11.3 Å². The van der Waals surface area contributed by atoms with Crippen molar-refractivity contribution in [1.82, 2.24) is 4.98 Å². The average Bonchev–Trinajstić information content (AvgIpc) is 3.43. The van der Waals surface area contributed by atoms with E-state index < -0.39 is 0 Å². The van der Waals surface area contributed by atoms with E-state index in [0.29, 0.717) is 5.02 Å². The molecule has 0 radical (unpaired) electrons. The number of nitrogens with zero attached hydrogens (tertiary/aromatic N) is 1. The fourth-order valence-electron chi connectivity index (χ4n) is 3.28. The van der Waals surface area contributed by atoms with Crippen LogP contribution in [0.4, 0.5) is 10.8 Å². The number of amides is 1. The third-order valence-electron chi connectivity index (χ3n) is 4.83. The third-order valence-corrected chi connectivity index (χ3v) is 6.29. The molecule has 0 saturated heterocycles. The van der Waals surface area contributed by atoms with Gasteiger partial charge in [-0.1, -0.05) is 36.7 Å². The quantitative estimate of drug-likeness (QED) is 0.327. The molecule has 0 saturated carbocycles. The number of carbonyl (C=O) groups is 1. The van der Waals surface area contributed by atoms with Crippen LogP contribution in [0.15, 0.2) is 71.3 Å². The molecule has 0 aliphatic carbocycles. The fourth-order valence-corrected chi connectivity index (χ4v) is 4.44. The summed E-state index contributed by atoms with van der Waals surface area (Å²) < 4.78 is 5.26. The van der Waals surface area contributed by atoms with Crippen molar-refractivity contribution in [2.24, 2.45) is 0 Å². The molecule has 0 aliphatic heterocycles. The summed E-state index contributed by atoms with van der Waals surface area (Å²) in [4.78, 5) is 18.5. The number of thiophene rings is 1. The van der Waals surface area contributed by atoms with Crippen molar-refractivity contribution in [3.8, 4) is 0 Å². The predicted molar refractivity (Wildman–Crippen MR) is 126 cm³/mol. The first-order valence-corrected chi connectivity index (χ1v) is 11.2. The molecule has 7 heteroatoms. The van der Waals surface area contributed by atoms with E-state index in [2.05, 4.69) is 28.6 Å². The molecule has 2 N–H and O–H groups in total. The SMILES string of the molecule is CCc1cc([C@@H](Nc2cccc(C)n2)c2ccc(Cl)cc2)c(NC(=O)c2ccco2)s1. The van der Waals surface area contributed by atoms with Crippen LogP contribution in [0.1, 0.15) is 45.2 Å². The normalized spacial score (nSPS) is 11.8. The second-order valence-corrected chi connectivity index (χ2v) is 8.65. The molecule has 0 fully saturated rings. The number of benzene rings is 1. The van der Waals surface area contributed by atoms with Gasteiger partial charge in [0.1, 0.15) is 10.8 Å². The lowest BCUT2D eigenvalue weighted by Gasteiger charge is -2.21. The molecule has 0 bridgehead atoms. The van der Waals surface area contributed by atoms with E-state index >= 15 is 0 Å². The van der Waals surface area contributed by atoms with Crippen molar-refractivity contribution in [3.63, 3.8) is 0 Å². The summed E-state index contributed by atoms with van der Waals surface area (Å²) in [5, 5.41) is 8.01. The maximum absolute atomic E-state index is 12.7. The number of aromatic nitrogens is 1. The van der Waals surface area contributed by atoms with E-state index in [1.165, 1.54) is 11.1 Å². The number of hydrogen-bond acceptors (Lipinski definition) is 5. The van der Waals surface area contributed by atoms with E-state index in [1.807, 2.05) is 49.4 Å². The van der Waals surface area contributed by atoms with Gasteiger partial charge in [0, 0.05) is 21.2 Å². The van der Waals surface area contributed by atoms with Gasteiger partial charge in [0.15, 0.2) is 5.76 Å². The molecule has 1 amide bonds. The molecule has 158 valence electrons. The molecule has 31 heavy (non-hydrogen) atoms. The zero-order valence-corrected chi connectivity index (χ0v) is 18.8. The maximum Gasteiger partial charge on any atom is 0.291 e. The lowest BCUT2D eigenvalue weighted by molar-refractivity contribution is 0.0997. The highest BCUT2D eigenvalue weighted by Gasteiger charge is 2.23. The lowest BCUT2D eigenvalue weighted by Crippen LogP contribution is -2.17. The molecule has 0 aliphatic rings. The molecular weight excluding hydrogens is 430 g/mol. The van der Waals surface area contributed by atoms with Crippen LogP contribution in [-0.2, 0) is 6.42 Å². The van der Waals surface area contributed by atoms with Gasteiger partial charge >= 0.3 is 0 Å². The van der Waals surface area contributed by atoms with Crippen LogP contribution < -0.4 is 10.6 Å². The number of pyridine rings is 1. The van der Waals surface area contributed by atoms with Crippen LogP contribution in [0.5, 0.6) is 0 Å². The van der Waals surface area contributed by atoms with Crippen molar-refractivity contribution in [2.75, 3.05) is 10.6 Å². The fraction of sp³-hybridized carbons (Fsp3) is 0.167. The Morgan fingerprint density at radius 3 is 2.65 bits per heavy atom. The summed E-state index contributed by atoms with van der Waals surface area (Å²) in [5.41, 5.74) is 2.90. The third kappa shape index (κ3) is 4.98. The Labute approximate surface area is 190 Å². The van der Waals surface area contributed by atoms with Gasteiger partial charge in [-0.25, -0.2) is 4.98 Å². The molecular formula is C24H22ClN3O2S. The zero-order chi connectivity index (χ0) is 21.8. The van der Waals surface area contributed by atoms with E-state index in [9.17, 15) is 4.79 Å². The van der Waals surface area contributed by atoms with E-state index in [0.717, 1.165) is 34.1 Å². The highest BCUT2D eigenvalue weighted by Crippen LogP contribution is 2.38. The van der Waals surface area contributed by atoms with Crippen molar-refractivity contribution >= 4 is 39.7 Å².